The third kappa shape index (κ3) is 2.83. The van der Waals surface area contributed by atoms with Crippen LogP contribution in [-0.2, 0) is 6.42 Å². The number of anilines is 1. The fourth-order valence-electron chi connectivity index (χ4n) is 2.90. The molecule has 0 aliphatic carbocycles. The number of benzene rings is 1. The zero-order valence-electron chi connectivity index (χ0n) is 14.4. The monoisotopic (exact) mass is 347 g/mol. The van der Waals surface area contributed by atoms with Gasteiger partial charge in [0.25, 0.3) is 5.91 Å². The summed E-state index contributed by atoms with van der Waals surface area (Å²) >= 11 is 0. The number of nitrogens with one attached hydrogen (secondary N) is 1. The molecule has 0 aliphatic rings. The van der Waals surface area contributed by atoms with E-state index >= 15 is 0 Å². The number of fused-ring (bicyclic) bond motifs is 1. The van der Waals surface area contributed by atoms with Crippen LogP contribution in [0.4, 0.5) is 5.69 Å². The van der Waals surface area contributed by atoms with Crippen molar-refractivity contribution in [3.8, 4) is 5.82 Å². The molecule has 130 valence electrons. The molecule has 0 bridgehead atoms. The number of rotatable bonds is 4. The van der Waals surface area contributed by atoms with E-state index in [0.717, 1.165) is 11.2 Å². The van der Waals surface area contributed by atoms with Crippen LogP contribution in [0.2, 0.25) is 0 Å². The largest absolute Gasteiger partial charge is 0.441 e. The first kappa shape index (κ1) is 16.0. The van der Waals surface area contributed by atoms with Gasteiger partial charge in [0.1, 0.15) is 5.52 Å². The Hall–Kier alpha value is -3.48. The summed E-state index contributed by atoms with van der Waals surface area (Å²) in [6.07, 6.45) is 3.92. The minimum Gasteiger partial charge on any atom is -0.441 e. The Balaban J connectivity index is 1.64. The second-order valence-electron chi connectivity index (χ2n) is 5.83. The van der Waals surface area contributed by atoms with Gasteiger partial charge in [-0.2, -0.15) is 5.10 Å². The first-order chi connectivity index (χ1) is 12.7. The minimum absolute atomic E-state index is 0.223. The van der Waals surface area contributed by atoms with Crippen molar-refractivity contribution in [3.05, 3.63) is 65.9 Å². The molecule has 0 aliphatic heterocycles. The van der Waals surface area contributed by atoms with Gasteiger partial charge in [0.2, 0.25) is 0 Å². The molecule has 7 nitrogen and oxygen atoms in total. The van der Waals surface area contributed by atoms with Gasteiger partial charge in [-0.1, -0.05) is 13.0 Å². The Labute approximate surface area is 149 Å². The van der Waals surface area contributed by atoms with Crippen molar-refractivity contribution >= 4 is 22.7 Å². The van der Waals surface area contributed by atoms with Crippen LogP contribution in [0.5, 0.6) is 0 Å². The van der Waals surface area contributed by atoms with E-state index in [1.165, 1.54) is 0 Å². The average Bonchev–Trinajstić information content (AvgIpc) is 3.24. The summed E-state index contributed by atoms with van der Waals surface area (Å²) < 4.78 is 7.21. The molecule has 0 saturated heterocycles. The number of aromatic nitrogens is 4. The number of oxazole rings is 1. The number of carbonyl (C=O) groups excluding carboxylic acids is 1. The lowest BCUT2D eigenvalue weighted by Crippen LogP contribution is -2.14. The molecule has 0 spiro atoms. The average molecular weight is 347 g/mol. The Kier molecular flexibility index (Phi) is 3.96. The number of aryl methyl sites for hydroxylation is 1. The molecule has 1 amide bonds. The molecule has 3 aromatic heterocycles. The second-order valence-corrected chi connectivity index (χ2v) is 5.83. The van der Waals surface area contributed by atoms with E-state index < -0.39 is 0 Å². The molecule has 0 fully saturated rings. The second kappa shape index (κ2) is 6.44. The molecule has 3 heterocycles. The van der Waals surface area contributed by atoms with E-state index in [9.17, 15) is 4.79 Å². The zero-order chi connectivity index (χ0) is 18.1. The normalized spacial score (nSPS) is 11.0. The summed E-state index contributed by atoms with van der Waals surface area (Å²) in [5.41, 5.74) is 3.37. The Bertz CT molecular complexity index is 1080. The van der Waals surface area contributed by atoms with Gasteiger partial charge in [0, 0.05) is 24.9 Å². The number of hydrogen-bond donors (Lipinski definition) is 1. The van der Waals surface area contributed by atoms with Crippen LogP contribution in [0.25, 0.3) is 16.9 Å². The van der Waals surface area contributed by atoms with Crippen molar-refractivity contribution in [2.45, 2.75) is 20.3 Å². The number of carbonyl (C=O) groups is 1. The van der Waals surface area contributed by atoms with Gasteiger partial charge in [0.05, 0.1) is 17.5 Å². The van der Waals surface area contributed by atoms with Crippen LogP contribution in [0, 0.1) is 6.92 Å². The van der Waals surface area contributed by atoms with E-state index in [4.69, 9.17) is 4.42 Å². The Morgan fingerprint density at radius 3 is 2.92 bits per heavy atom. The molecular weight excluding hydrogens is 330 g/mol. The highest BCUT2D eigenvalue weighted by Crippen LogP contribution is 2.21. The summed E-state index contributed by atoms with van der Waals surface area (Å²) in [6, 6.07) is 11.0. The Morgan fingerprint density at radius 2 is 2.15 bits per heavy atom. The number of pyridine rings is 1. The standard InChI is InChI=1S/C19H17N5O2/c1-3-16-14(11-21-24(16)18-6-4-5-9-20-18)19(25)23-13-7-8-15-17(10-13)26-12(2)22-15/h4-11H,3H2,1-2H3,(H,23,25). The first-order valence-electron chi connectivity index (χ1n) is 8.32. The Morgan fingerprint density at radius 1 is 1.27 bits per heavy atom. The van der Waals surface area contributed by atoms with Gasteiger partial charge in [0.15, 0.2) is 17.3 Å². The molecule has 26 heavy (non-hydrogen) atoms. The lowest BCUT2D eigenvalue weighted by Gasteiger charge is -2.08. The van der Waals surface area contributed by atoms with Crippen molar-refractivity contribution in [2.24, 2.45) is 0 Å². The van der Waals surface area contributed by atoms with Crippen molar-refractivity contribution < 1.29 is 9.21 Å². The van der Waals surface area contributed by atoms with Crippen molar-refractivity contribution in [1.82, 2.24) is 19.7 Å². The van der Waals surface area contributed by atoms with Crippen molar-refractivity contribution in [3.63, 3.8) is 0 Å². The van der Waals surface area contributed by atoms with Crippen LogP contribution >= 0.6 is 0 Å². The molecule has 0 atom stereocenters. The van der Waals surface area contributed by atoms with Crippen LogP contribution in [0.3, 0.4) is 0 Å². The topological polar surface area (TPSA) is 85.8 Å². The van der Waals surface area contributed by atoms with Gasteiger partial charge in [-0.15, -0.1) is 0 Å². The van der Waals surface area contributed by atoms with Gasteiger partial charge in [-0.3, -0.25) is 4.79 Å². The van der Waals surface area contributed by atoms with Crippen LogP contribution in [-0.4, -0.2) is 25.7 Å². The highest BCUT2D eigenvalue weighted by Gasteiger charge is 2.18. The summed E-state index contributed by atoms with van der Waals surface area (Å²) in [5.74, 6) is 1.05. The minimum atomic E-state index is -0.223. The highest BCUT2D eigenvalue weighted by molar-refractivity contribution is 6.05. The predicted molar refractivity (Wildman–Crippen MR) is 97.4 cm³/mol. The molecule has 1 N–H and O–H groups in total. The fraction of sp³-hybridized carbons (Fsp3) is 0.158. The number of nitrogens with zero attached hydrogens (tertiary/aromatic N) is 4. The van der Waals surface area contributed by atoms with E-state index in [2.05, 4.69) is 20.4 Å². The highest BCUT2D eigenvalue weighted by atomic mass is 16.3. The zero-order valence-corrected chi connectivity index (χ0v) is 14.4. The number of amides is 1. The maximum absolute atomic E-state index is 12.7. The third-order valence-corrected chi connectivity index (χ3v) is 4.07. The van der Waals surface area contributed by atoms with E-state index in [0.29, 0.717) is 35.0 Å². The quantitative estimate of drug-likeness (QED) is 0.610. The maximum Gasteiger partial charge on any atom is 0.259 e. The van der Waals surface area contributed by atoms with Gasteiger partial charge in [-0.25, -0.2) is 14.6 Å². The SMILES string of the molecule is CCc1c(C(=O)Nc2ccc3nc(C)oc3c2)cnn1-c1ccccn1. The number of hydrogen-bond acceptors (Lipinski definition) is 5. The van der Waals surface area contributed by atoms with Crippen molar-refractivity contribution in [1.29, 1.82) is 0 Å². The van der Waals surface area contributed by atoms with Gasteiger partial charge >= 0.3 is 0 Å². The van der Waals surface area contributed by atoms with E-state index in [1.807, 2.05) is 31.2 Å². The van der Waals surface area contributed by atoms with Crippen LogP contribution in [0.15, 0.2) is 53.2 Å². The maximum atomic E-state index is 12.7. The van der Waals surface area contributed by atoms with Crippen LogP contribution in [0.1, 0.15) is 28.9 Å². The molecule has 0 radical (unpaired) electrons. The summed E-state index contributed by atoms with van der Waals surface area (Å²) in [4.78, 5) is 21.3. The summed E-state index contributed by atoms with van der Waals surface area (Å²) in [5, 5.41) is 7.24. The summed E-state index contributed by atoms with van der Waals surface area (Å²) in [7, 11) is 0. The van der Waals surface area contributed by atoms with Gasteiger partial charge < -0.3 is 9.73 Å². The lowest BCUT2D eigenvalue weighted by molar-refractivity contribution is 0.102. The van der Waals surface area contributed by atoms with Crippen molar-refractivity contribution in [2.75, 3.05) is 5.32 Å². The molecule has 0 saturated carbocycles. The molecule has 7 heteroatoms. The summed E-state index contributed by atoms with van der Waals surface area (Å²) in [6.45, 7) is 3.77. The molecular formula is C19H17N5O2. The first-order valence-corrected chi connectivity index (χ1v) is 8.32. The molecule has 1 aromatic carbocycles. The smallest absolute Gasteiger partial charge is 0.259 e. The molecule has 4 aromatic rings. The third-order valence-electron chi connectivity index (χ3n) is 4.07. The molecule has 4 rings (SSSR count). The molecule has 0 unspecified atom stereocenters. The fourth-order valence-corrected chi connectivity index (χ4v) is 2.90. The van der Waals surface area contributed by atoms with E-state index in [-0.39, 0.29) is 5.91 Å². The van der Waals surface area contributed by atoms with E-state index in [1.54, 1.807) is 36.1 Å². The van der Waals surface area contributed by atoms with Crippen LogP contribution < -0.4 is 5.32 Å². The van der Waals surface area contributed by atoms with Gasteiger partial charge in [-0.05, 0) is 30.7 Å². The lowest BCUT2D eigenvalue weighted by atomic mass is 10.2. The predicted octanol–water partition coefficient (Wildman–Crippen LogP) is 3.53.